The van der Waals surface area contributed by atoms with Gasteiger partial charge in [0.2, 0.25) is 5.91 Å². The van der Waals surface area contributed by atoms with Crippen molar-refractivity contribution in [3.63, 3.8) is 0 Å². The second-order valence-corrected chi connectivity index (χ2v) is 9.36. The van der Waals surface area contributed by atoms with Crippen LogP contribution in [0.15, 0.2) is 48.5 Å². The molecule has 180 valence electrons. The van der Waals surface area contributed by atoms with Gasteiger partial charge in [0.15, 0.2) is 0 Å². The topological polar surface area (TPSA) is 69.7 Å². The maximum Gasteiger partial charge on any atom is 0.253 e. The summed E-state index contributed by atoms with van der Waals surface area (Å²) in [6.45, 7) is 2.32. The third-order valence-corrected chi connectivity index (χ3v) is 7.06. The first-order valence-corrected chi connectivity index (χ1v) is 12.2. The van der Waals surface area contributed by atoms with Crippen molar-refractivity contribution in [3.8, 4) is 0 Å². The Morgan fingerprint density at radius 3 is 2.18 bits per heavy atom. The molecule has 0 aromatic heterocycles. The summed E-state index contributed by atoms with van der Waals surface area (Å²) in [6, 6.07) is 11.6. The molecule has 6 nitrogen and oxygen atoms in total. The lowest BCUT2D eigenvalue weighted by Gasteiger charge is -2.38. The van der Waals surface area contributed by atoms with E-state index in [-0.39, 0.29) is 29.5 Å². The molecule has 0 saturated carbocycles. The van der Waals surface area contributed by atoms with Crippen LogP contribution < -0.4 is 5.32 Å². The molecule has 2 saturated heterocycles. The van der Waals surface area contributed by atoms with Crippen molar-refractivity contribution in [3.05, 3.63) is 70.5 Å². The minimum absolute atomic E-state index is 0.0663. The fourth-order valence-electron chi connectivity index (χ4n) is 4.77. The average molecular weight is 486 g/mol. The van der Waals surface area contributed by atoms with Gasteiger partial charge in [0.05, 0.1) is 10.6 Å². The van der Waals surface area contributed by atoms with Crippen LogP contribution in [-0.2, 0) is 4.79 Å². The van der Waals surface area contributed by atoms with Crippen LogP contribution >= 0.6 is 11.6 Å². The van der Waals surface area contributed by atoms with Crippen molar-refractivity contribution in [1.82, 2.24) is 15.1 Å². The predicted octanol–water partition coefficient (Wildman–Crippen LogP) is 4.14. The largest absolute Gasteiger partial charge is 0.341 e. The van der Waals surface area contributed by atoms with E-state index in [4.69, 9.17) is 11.6 Å². The van der Waals surface area contributed by atoms with E-state index in [2.05, 4.69) is 5.32 Å². The average Bonchev–Trinajstić information content (AvgIpc) is 2.88. The number of nitrogens with one attached hydrogen (secondary N) is 1. The summed E-state index contributed by atoms with van der Waals surface area (Å²) >= 11 is 6.21. The minimum atomic E-state index is -0.676. The van der Waals surface area contributed by atoms with Crippen LogP contribution in [0.4, 0.5) is 4.39 Å². The van der Waals surface area contributed by atoms with Gasteiger partial charge < -0.3 is 15.1 Å². The lowest BCUT2D eigenvalue weighted by Crippen LogP contribution is -2.55. The number of hydrogen-bond donors (Lipinski definition) is 1. The van der Waals surface area contributed by atoms with Gasteiger partial charge in [-0.2, -0.15) is 0 Å². The molecule has 1 unspecified atom stereocenters. The molecule has 3 amide bonds. The Bertz CT molecular complexity index is 1030. The fraction of sp³-hybridized carbons (Fsp3) is 0.423. The summed E-state index contributed by atoms with van der Waals surface area (Å²) < 4.78 is 13.2. The molecule has 2 aliphatic heterocycles. The number of benzene rings is 2. The molecule has 2 aromatic rings. The van der Waals surface area contributed by atoms with E-state index in [9.17, 15) is 18.8 Å². The Labute approximate surface area is 204 Å². The Hall–Kier alpha value is -2.93. The maximum absolute atomic E-state index is 13.5. The molecular formula is C26H29ClFN3O3. The van der Waals surface area contributed by atoms with Crippen molar-refractivity contribution < 1.29 is 18.8 Å². The number of rotatable bonds is 5. The molecule has 0 aliphatic carbocycles. The summed E-state index contributed by atoms with van der Waals surface area (Å²) in [5, 5.41) is 3.30. The highest BCUT2D eigenvalue weighted by Crippen LogP contribution is 2.25. The summed E-state index contributed by atoms with van der Waals surface area (Å²) in [5.41, 5.74) is 0.775. The van der Waals surface area contributed by atoms with Gasteiger partial charge in [0.25, 0.3) is 11.8 Å². The zero-order valence-corrected chi connectivity index (χ0v) is 19.8. The Morgan fingerprint density at radius 2 is 1.53 bits per heavy atom. The first-order chi connectivity index (χ1) is 16.4. The maximum atomic E-state index is 13.5. The minimum Gasteiger partial charge on any atom is -0.341 e. The number of carbonyl (C=O) groups excluding carboxylic acids is 3. The monoisotopic (exact) mass is 485 g/mol. The molecule has 8 heteroatoms. The molecular weight excluding hydrogens is 457 g/mol. The number of halogens is 2. The van der Waals surface area contributed by atoms with E-state index in [0.717, 1.165) is 19.3 Å². The van der Waals surface area contributed by atoms with Crippen LogP contribution in [0.5, 0.6) is 0 Å². The number of piperidine rings is 2. The Morgan fingerprint density at radius 1 is 0.882 bits per heavy atom. The van der Waals surface area contributed by atoms with Crippen molar-refractivity contribution in [2.75, 3.05) is 26.2 Å². The predicted molar refractivity (Wildman–Crippen MR) is 128 cm³/mol. The molecule has 2 aliphatic rings. The van der Waals surface area contributed by atoms with Gasteiger partial charge in [-0.15, -0.1) is 0 Å². The molecule has 1 N–H and O–H groups in total. The van der Waals surface area contributed by atoms with Crippen molar-refractivity contribution in [2.45, 2.75) is 38.1 Å². The van der Waals surface area contributed by atoms with Gasteiger partial charge in [-0.3, -0.25) is 14.4 Å². The van der Waals surface area contributed by atoms with E-state index in [1.807, 2.05) is 4.90 Å². The lowest BCUT2D eigenvalue weighted by molar-refractivity contribution is -0.136. The highest BCUT2D eigenvalue weighted by atomic mass is 35.5. The van der Waals surface area contributed by atoms with Gasteiger partial charge in [-0.1, -0.05) is 23.7 Å². The molecule has 34 heavy (non-hydrogen) atoms. The summed E-state index contributed by atoms with van der Waals surface area (Å²) in [6.07, 6.45) is 4.19. The zero-order valence-electron chi connectivity index (χ0n) is 19.0. The quantitative estimate of drug-likeness (QED) is 0.692. The highest BCUT2D eigenvalue weighted by Gasteiger charge is 2.36. The number of hydrogen-bond acceptors (Lipinski definition) is 3. The van der Waals surface area contributed by atoms with Crippen LogP contribution in [0.25, 0.3) is 0 Å². The van der Waals surface area contributed by atoms with Crippen molar-refractivity contribution in [2.24, 2.45) is 5.92 Å². The highest BCUT2D eigenvalue weighted by molar-refractivity contribution is 6.33. The summed E-state index contributed by atoms with van der Waals surface area (Å²) in [7, 11) is 0. The number of likely N-dealkylation sites (tertiary alicyclic amines) is 2. The first kappa shape index (κ1) is 24.2. The second kappa shape index (κ2) is 11.0. The molecule has 4 rings (SSSR count). The molecule has 0 bridgehead atoms. The lowest BCUT2D eigenvalue weighted by atomic mass is 9.87. The van der Waals surface area contributed by atoms with Gasteiger partial charge in [-0.25, -0.2) is 4.39 Å². The van der Waals surface area contributed by atoms with Crippen LogP contribution in [0.3, 0.4) is 0 Å². The number of carbonyl (C=O) groups is 3. The number of nitrogens with zero attached hydrogens (tertiary/aromatic N) is 2. The van der Waals surface area contributed by atoms with Crippen molar-refractivity contribution >= 4 is 29.3 Å². The third kappa shape index (κ3) is 5.58. The van der Waals surface area contributed by atoms with Crippen molar-refractivity contribution in [1.29, 1.82) is 0 Å². The van der Waals surface area contributed by atoms with Crippen LogP contribution in [0.1, 0.15) is 52.8 Å². The molecule has 2 fully saturated rings. The summed E-state index contributed by atoms with van der Waals surface area (Å²) in [5.74, 6) is -1.08. The summed E-state index contributed by atoms with van der Waals surface area (Å²) in [4.78, 5) is 42.9. The molecule has 1 atom stereocenters. The van der Waals surface area contributed by atoms with E-state index in [0.29, 0.717) is 55.2 Å². The fourth-order valence-corrected chi connectivity index (χ4v) is 4.99. The molecule has 0 spiro atoms. The van der Waals surface area contributed by atoms with Gasteiger partial charge >= 0.3 is 0 Å². The zero-order chi connectivity index (χ0) is 24.1. The normalized spacial score (nSPS) is 17.8. The molecule has 2 heterocycles. The van der Waals surface area contributed by atoms with Gasteiger partial charge in [0, 0.05) is 31.7 Å². The molecule has 2 aromatic carbocycles. The number of amides is 3. The standard InChI is InChI=1S/C26H29ClFN3O3/c27-22-7-3-2-6-21(22)24(32)29-23(26(34)30-14-4-1-5-15-30)18-12-16-31(17-13-18)25(33)19-8-10-20(28)11-9-19/h2-3,6-11,18,23H,1,4-5,12-17H2,(H,29,32). The molecule has 0 radical (unpaired) electrons. The van der Waals surface area contributed by atoms with Gasteiger partial charge in [-0.05, 0) is 74.4 Å². The Balaban J connectivity index is 1.47. The van der Waals surface area contributed by atoms with Crippen LogP contribution in [0.2, 0.25) is 5.02 Å². The smallest absolute Gasteiger partial charge is 0.253 e. The van der Waals surface area contributed by atoms with E-state index in [1.54, 1.807) is 29.2 Å². The van der Waals surface area contributed by atoms with E-state index >= 15 is 0 Å². The van der Waals surface area contributed by atoms with Crippen LogP contribution in [0, 0.1) is 11.7 Å². The third-order valence-electron chi connectivity index (χ3n) is 6.73. The SMILES string of the molecule is O=C(NC(C(=O)N1CCCCC1)C1CCN(C(=O)c2ccc(F)cc2)CC1)c1ccccc1Cl. The second-order valence-electron chi connectivity index (χ2n) is 8.95. The first-order valence-electron chi connectivity index (χ1n) is 11.8. The Kier molecular flexibility index (Phi) is 7.83. The van der Waals surface area contributed by atoms with Gasteiger partial charge in [0.1, 0.15) is 11.9 Å². The van der Waals surface area contributed by atoms with E-state index < -0.39 is 6.04 Å². The van der Waals surface area contributed by atoms with E-state index in [1.165, 1.54) is 24.3 Å². The van der Waals surface area contributed by atoms with Crippen LogP contribution in [-0.4, -0.2) is 59.7 Å².